The van der Waals surface area contributed by atoms with Gasteiger partial charge in [0.25, 0.3) is 0 Å². The van der Waals surface area contributed by atoms with E-state index in [1.54, 1.807) is 7.11 Å². The molecule has 0 aliphatic carbocycles. The molecule has 0 aromatic heterocycles. The minimum absolute atomic E-state index is 0.136. The fourth-order valence-electron chi connectivity index (χ4n) is 4.77. The zero-order valence-corrected chi connectivity index (χ0v) is 19.4. The maximum Gasteiger partial charge on any atom is 0.220 e. The van der Waals surface area contributed by atoms with E-state index in [9.17, 15) is 4.79 Å². The van der Waals surface area contributed by atoms with E-state index in [0.29, 0.717) is 0 Å². The van der Waals surface area contributed by atoms with Gasteiger partial charge in [-0.3, -0.25) is 4.79 Å². The summed E-state index contributed by atoms with van der Waals surface area (Å²) in [5.41, 5.74) is 10.5. The molecular formula is C29H32N2O2. The van der Waals surface area contributed by atoms with Crippen molar-refractivity contribution in [2.75, 3.05) is 25.1 Å². The molecule has 0 bridgehead atoms. The van der Waals surface area contributed by atoms with Crippen LogP contribution in [0.25, 0.3) is 12.2 Å². The monoisotopic (exact) mass is 440 g/mol. The number of nitrogens with zero attached hydrogens (tertiary/aromatic N) is 1. The summed E-state index contributed by atoms with van der Waals surface area (Å²) in [7, 11) is 1.68. The van der Waals surface area contributed by atoms with E-state index in [1.807, 2.05) is 37.3 Å². The van der Waals surface area contributed by atoms with Crippen LogP contribution in [0.4, 0.5) is 5.69 Å². The van der Waals surface area contributed by atoms with Gasteiger partial charge in [-0.2, -0.15) is 0 Å². The Kier molecular flexibility index (Phi) is 7.13. The summed E-state index contributed by atoms with van der Waals surface area (Å²) in [5, 5.41) is 0. The second-order valence-electron chi connectivity index (χ2n) is 8.80. The Bertz CT molecular complexity index is 1070. The number of anilines is 1. The summed E-state index contributed by atoms with van der Waals surface area (Å²) in [6, 6.07) is 27.2. The second-order valence-corrected chi connectivity index (χ2v) is 8.80. The highest BCUT2D eigenvalue weighted by atomic mass is 16.5. The Morgan fingerprint density at radius 3 is 2.15 bits per heavy atom. The molecule has 3 atom stereocenters. The van der Waals surface area contributed by atoms with Gasteiger partial charge in [0, 0.05) is 30.6 Å². The third-order valence-electron chi connectivity index (χ3n) is 6.83. The molecule has 4 nitrogen and oxygen atoms in total. The number of primary amides is 1. The van der Waals surface area contributed by atoms with E-state index in [-0.39, 0.29) is 23.7 Å². The van der Waals surface area contributed by atoms with Crippen molar-refractivity contribution in [3.8, 4) is 5.75 Å². The maximum atomic E-state index is 12.0. The zero-order chi connectivity index (χ0) is 23.2. The average Bonchev–Trinajstić information content (AvgIpc) is 2.87. The molecule has 3 unspecified atom stereocenters. The maximum absolute atomic E-state index is 12.0. The summed E-state index contributed by atoms with van der Waals surface area (Å²) in [6.07, 6.45) is 5.18. The summed E-state index contributed by atoms with van der Waals surface area (Å²) >= 11 is 0. The van der Waals surface area contributed by atoms with Gasteiger partial charge in [-0.25, -0.2) is 0 Å². The van der Waals surface area contributed by atoms with Crippen LogP contribution < -0.4 is 15.4 Å². The highest BCUT2D eigenvalue weighted by molar-refractivity contribution is 5.77. The molecule has 1 aliphatic heterocycles. The molecule has 1 heterocycles. The molecule has 4 rings (SSSR count). The van der Waals surface area contributed by atoms with Gasteiger partial charge in [-0.1, -0.05) is 73.7 Å². The van der Waals surface area contributed by atoms with Crippen LogP contribution in [0.3, 0.4) is 0 Å². The molecule has 170 valence electrons. The Hall–Kier alpha value is -3.53. The number of amides is 1. The number of piperidine rings is 1. The van der Waals surface area contributed by atoms with Crippen molar-refractivity contribution in [3.63, 3.8) is 0 Å². The van der Waals surface area contributed by atoms with Crippen molar-refractivity contribution in [1.29, 1.82) is 0 Å². The molecule has 0 spiro atoms. The van der Waals surface area contributed by atoms with E-state index >= 15 is 0 Å². The standard InChI is InChI=1S/C29H32N2O2/c1-21(29(30)32)27-18-19-31(20-28(27)24-6-4-3-5-7-24)25-14-10-22(11-15-25)8-9-23-12-16-26(33-2)17-13-23/h3-17,21,27-28H,18-20H2,1-2H3,(H2,30,32). The molecule has 3 aromatic carbocycles. The fourth-order valence-corrected chi connectivity index (χ4v) is 4.77. The fraction of sp³-hybridized carbons (Fsp3) is 0.276. The number of carbonyl (C=O) groups is 1. The largest absolute Gasteiger partial charge is 0.497 e. The molecule has 1 saturated heterocycles. The van der Waals surface area contributed by atoms with Crippen molar-refractivity contribution in [1.82, 2.24) is 0 Å². The zero-order valence-electron chi connectivity index (χ0n) is 19.4. The van der Waals surface area contributed by atoms with Crippen molar-refractivity contribution >= 4 is 23.7 Å². The van der Waals surface area contributed by atoms with Crippen LogP contribution in [-0.2, 0) is 4.79 Å². The highest BCUT2D eigenvalue weighted by Crippen LogP contribution is 2.38. The van der Waals surface area contributed by atoms with Gasteiger partial charge in [0.1, 0.15) is 5.75 Å². The van der Waals surface area contributed by atoms with Crippen molar-refractivity contribution in [3.05, 3.63) is 95.6 Å². The number of carbonyl (C=O) groups excluding carboxylic acids is 1. The van der Waals surface area contributed by atoms with Gasteiger partial charge >= 0.3 is 0 Å². The van der Waals surface area contributed by atoms with Crippen LogP contribution in [0.15, 0.2) is 78.9 Å². The Labute approximate surface area is 196 Å². The number of hydrogen-bond acceptors (Lipinski definition) is 3. The summed E-state index contributed by atoms with van der Waals surface area (Å²) in [4.78, 5) is 14.4. The van der Waals surface area contributed by atoms with E-state index in [4.69, 9.17) is 10.5 Å². The first-order chi connectivity index (χ1) is 16.0. The van der Waals surface area contributed by atoms with Crippen molar-refractivity contribution < 1.29 is 9.53 Å². The lowest BCUT2D eigenvalue weighted by Gasteiger charge is -2.42. The van der Waals surface area contributed by atoms with Gasteiger partial charge in [0.05, 0.1) is 7.11 Å². The Morgan fingerprint density at radius 1 is 0.970 bits per heavy atom. The molecule has 33 heavy (non-hydrogen) atoms. The third kappa shape index (κ3) is 5.46. The van der Waals surface area contributed by atoms with Crippen LogP contribution in [0.5, 0.6) is 5.75 Å². The molecule has 0 saturated carbocycles. The number of rotatable bonds is 7. The van der Waals surface area contributed by atoms with E-state index in [0.717, 1.165) is 36.4 Å². The first-order valence-electron chi connectivity index (χ1n) is 11.6. The normalized spacial score (nSPS) is 19.4. The lowest BCUT2D eigenvalue weighted by Crippen LogP contribution is -2.44. The molecule has 1 aliphatic rings. The molecule has 2 N–H and O–H groups in total. The van der Waals surface area contributed by atoms with Gasteiger partial charge in [0.15, 0.2) is 0 Å². The summed E-state index contributed by atoms with van der Waals surface area (Å²) < 4.78 is 5.22. The average molecular weight is 441 g/mol. The molecule has 1 amide bonds. The van der Waals surface area contributed by atoms with Crippen LogP contribution in [0.2, 0.25) is 0 Å². The topological polar surface area (TPSA) is 55.6 Å². The minimum atomic E-state index is -0.206. The number of hydrogen-bond donors (Lipinski definition) is 1. The molecular weight excluding hydrogens is 408 g/mol. The Morgan fingerprint density at radius 2 is 1.58 bits per heavy atom. The van der Waals surface area contributed by atoms with Gasteiger partial charge < -0.3 is 15.4 Å². The van der Waals surface area contributed by atoms with Crippen molar-refractivity contribution in [2.45, 2.75) is 19.3 Å². The van der Waals surface area contributed by atoms with Gasteiger partial charge in [-0.15, -0.1) is 0 Å². The number of benzene rings is 3. The van der Waals surface area contributed by atoms with Gasteiger partial charge in [-0.05, 0) is 53.3 Å². The lowest BCUT2D eigenvalue weighted by atomic mass is 9.74. The number of nitrogens with two attached hydrogens (primary N) is 1. The highest BCUT2D eigenvalue weighted by Gasteiger charge is 2.35. The quantitative estimate of drug-likeness (QED) is 0.487. The first-order valence-corrected chi connectivity index (χ1v) is 11.6. The first kappa shape index (κ1) is 22.7. The SMILES string of the molecule is COc1ccc(C=Cc2ccc(N3CCC(C(C)C(N)=O)C(c4ccccc4)C3)cc2)cc1. The van der Waals surface area contributed by atoms with E-state index in [2.05, 4.69) is 65.6 Å². The van der Waals surface area contributed by atoms with E-state index in [1.165, 1.54) is 11.3 Å². The lowest BCUT2D eigenvalue weighted by molar-refractivity contribution is -0.123. The minimum Gasteiger partial charge on any atom is -0.497 e. The molecule has 0 radical (unpaired) electrons. The molecule has 3 aromatic rings. The van der Waals surface area contributed by atoms with Gasteiger partial charge in [0.2, 0.25) is 5.91 Å². The summed E-state index contributed by atoms with van der Waals surface area (Å²) in [5.74, 6) is 1.05. The predicted molar refractivity (Wildman–Crippen MR) is 136 cm³/mol. The predicted octanol–water partition coefficient (Wildman–Crippen LogP) is 5.60. The molecule has 1 fully saturated rings. The van der Waals surface area contributed by atoms with E-state index < -0.39 is 0 Å². The van der Waals surface area contributed by atoms with Crippen LogP contribution >= 0.6 is 0 Å². The molecule has 4 heteroatoms. The third-order valence-corrected chi connectivity index (χ3v) is 6.83. The number of ether oxygens (including phenoxy) is 1. The summed E-state index contributed by atoms with van der Waals surface area (Å²) in [6.45, 7) is 3.78. The smallest absolute Gasteiger partial charge is 0.220 e. The van der Waals surface area contributed by atoms with Crippen molar-refractivity contribution in [2.24, 2.45) is 17.6 Å². The Balaban J connectivity index is 1.48. The number of methoxy groups -OCH3 is 1. The van der Waals surface area contributed by atoms with Crippen LogP contribution in [0, 0.1) is 11.8 Å². The van der Waals surface area contributed by atoms with Crippen LogP contribution in [-0.4, -0.2) is 26.1 Å². The van der Waals surface area contributed by atoms with Crippen LogP contribution in [0.1, 0.15) is 36.0 Å². The second kappa shape index (κ2) is 10.4.